The van der Waals surface area contributed by atoms with Gasteiger partial charge in [0.15, 0.2) is 18.9 Å². The minimum Gasteiger partial charge on any atom is -0.394 e. The molecule has 3 rings (SSSR count). The van der Waals surface area contributed by atoms with Crippen molar-refractivity contribution in [1.82, 2.24) is 5.32 Å². The number of aliphatic hydroxyl groups is 11. The number of unbranched alkanes of at least 4 members (excludes halogenated alkanes) is 33. The van der Waals surface area contributed by atoms with Crippen LogP contribution in [0.4, 0.5) is 0 Å². The molecule has 3 aliphatic rings. The number of nitrogens with one attached hydrogen (secondary N) is 1. The topological polar surface area (TPSA) is 307 Å². The summed E-state index contributed by atoms with van der Waals surface area (Å²) >= 11 is 0. The van der Waals surface area contributed by atoms with Crippen LogP contribution < -0.4 is 5.32 Å². The van der Waals surface area contributed by atoms with Gasteiger partial charge < -0.3 is 89.9 Å². The van der Waals surface area contributed by atoms with Gasteiger partial charge in [-0.1, -0.05) is 232 Å². The summed E-state index contributed by atoms with van der Waals surface area (Å²) in [4.78, 5) is 13.4. The van der Waals surface area contributed by atoms with Crippen molar-refractivity contribution in [1.29, 1.82) is 0 Å². The van der Waals surface area contributed by atoms with Gasteiger partial charge in [0.2, 0.25) is 5.91 Å². The molecule has 3 saturated heterocycles. The number of hydrogen-bond donors (Lipinski definition) is 12. The molecule has 17 unspecified atom stereocenters. The van der Waals surface area contributed by atoms with Gasteiger partial charge in [0.1, 0.15) is 73.2 Å². The number of hydrogen-bond acceptors (Lipinski definition) is 18. The highest BCUT2D eigenvalue weighted by Gasteiger charge is 2.53. The summed E-state index contributed by atoms with van der Waals surface area (Å²) in [7, 11) is 0. The van der Waals surface area contributed by atoms with Crippen molar-refractivity contribution in [3.8, 4) is 0 Å². The lowest BCUT2D eigenvalue weighted by molar-refractivity contribution is -0.379. The Balaban J connectivity index is 1.47. The van der Waals surface area contributed by atoms with Crippen LogP contribution in [0.1, 0.15) is 251 Å². The van der Waals surface area contributed by atoms with E-state index in [1.807, 2.05) is 0 Å². The highest BCUT2D eigenvalue weighted by Crippen LogP contribution is 2.33. The van der Waals surface area contributed by atoms with E-state index in [4.69, 9.17) is 28.4 Å². The Morgan fingerprint density at radius 1 is 0.400 bits per heavy atom. The molecule has 1 amide bonds. The number of carbonyl (C=O) groups excluding carboxylic acids is 1. The molecule has 0 aromatic heterocycles. The second kappa shape index (κ2) is 45.2. The molecule has 12 N–H and O–H groups in total. The molecule has 3 heterocycles. The van der Waals surface area contributed by atoms with E-state index < -0.39 is 124 Å². The van der Waals surface area contributed by atoms with Crippen LogP contribution in [0, 0.1) is 0 Å². The summed E-state index contributed by atoms with van der Waals surface area (Å²) in [5.74, 6) is -0.237. The summed E-state index contributed by atoms with van der Waals surface area (Å²) in [6.45, 7) is 1.82. The third-order valence-electron chi connectivity index (χ3n) is 16.7. The molecule has 474 valence electrons. The fraction of sp³-hybridized carbons (Fsp3) is 0.984. The predicted molar refractivity (Wildman–Crippen MR) is 305 cm³/mol. The van der Waals surface area contributed by atoms with Crippen molar-refractivity contribution in [2.45, 2.75) is 356 Å². The van der Waals surface area contributed by atoms with E-state index in [9.17, 15) is 61.0 Å². The normalized spacial score (nSPS) is 29.9. The fourth-order valence-electron chi connectivity index (χ4n) is 11.4. The van der Waals surface area contributed by atoms with Crippen molar-refractivity contribution in [2.75, 3.05) is 26.4 Å². The maximum absolute atomic E-state index is 13.4. The lowest BCUT2D eigenvalue weighted by Crippen LogP contribution is -2.66. The highest BCUT2D eigenvalue weighted by molar-refractivity contribution is 5.76. The first-order valence-electron chi connectivity index (χ1n) is 32.3. The quantitative estimate of drug-likeness (QED) is 0.0280. The molecule has 0 bridgehead atoms. The van der Waals surface area contributed by atoms with Crippen molar-refractivity contribution in [2.24, 2.45) is 0 Å². The van der Waals surface area contributed by atoms with Crippen LogP contribution in [0.3, 0.4) is 0 Å². The predicted octanol–water partition coefficient (Wildman–Crippen LogP) is 6.77. The fourth-order valence-corrected chi connectivity index (χ4v) is 11.4. The first-order chi connectivity index (χ1) is 38.8. The Morgan fingerprint density at radius 2 is 0.713 bits per heavy atom. The van der Waals surface area contributed by atoms with Gasteiger partial charge in [-0.05, 0) is 12.8 Å². The second-order valence-corrected chi connectivity index (χ2v) is 23.6. The van der Waals surface area contributed by atoms with Gasteiger partial charge >= 0.3 is 0 Å². The number of carbonyl (C=O) groups is 1. The summed E-state index contributed by atoms with van der Waals surface area (Å²) in [5.41, 5.74) is 0. The van der Waals surface area contributed by atoms with Gasteiger partial charge in [0, 0.05) is 6.42 Å². The molecule has 3 aliphatic heterocycles. The average molecular weight is 1150 g/mol. The summed E-state index contributed by atoms with van der Waals surface area (Å²) < 4.78 is 34.4. The van der Waals surface area contributed by atoms with Gasteiger partial charge in [-0.15, -0.1) is 0 Å². The Kier molecular flexibility index (Phi) is 41.2. The Morgan fingerprint density at radius 3 is 1.09 bits per heavy atom. The molecule has 19 heteroatoms. The van der Waals surface area contributed by atoms with Crippen LogP contribution >= 0.6 is 0 Å². The van der Waals surface area contributed by atoms with Crippen LogP contribution in [0.15, 0.2) is 0 Å². The van der Waals surface area contributed by atoms with Crippen LogP contribution in [-0.2, 0) is 33.2 Å². The third kappa shape index (κ3) is 28.3. The molecule has 80 heavy (non-hydrogen) atoms. The van der Waals surface area contributed by atoms with E-state index in [-0.39, 0.29) is 18.9 Å². The zero-order valence-electron chi connectivity index (χ0n) is 49.6. The molecule has 19 nitrogen and oxygen atoms in total. The van der Waals surface area contributed by atoms with Crippen molar-refractivity contribution in [3.63, 3.8) is 0 Å². The van der Waals surface area contributed by atoms with Crippen molar-refractivity contribution >= 4 is 5.91 Å². The minimum atomic E-state index is -1.97. The maximum atomic E-state index is 13.4. The van der Waals surface area contributed by atoms with Crippen LogP contribution in [0.25, 0.3) is 0 Å². The Bertz CT molecular complexity index is 1470. The first kappa shape index (κ1) is 73.0. The van der Waals surface area contributed by atoms with Gasteiger partial charge in [-0.2, -0.15) is 0 Å². The molecule has 0 radical (unpaired) electrons. The molecule has 0 saturated carbocycles. The molecular formula is C61H117NO18. The largest absolute Gasteiger partial charge is 0.394 e. The molecule has 0 spiro atoms. The van der Waals surface area contributed by atoms with Crippen LogP contribution in [0.5, 0.6) is 0 Å². The van der Waals surface area contributed by atoms with E-state index in [0.29, 0.717) is 12.8 Å². The third-order valence-corrected chi connectivity index (χ3v) is 16.7. The summed E-state index contributed by atoms with van der Waals surface area (Å²) in [6.07, 6.45) is 17.5. The SMILES string of the molecule is CCCCCCCCCCCCCCCCCCCCCC(=O)NC(COC1OC(CO)C(OC2OC(CO)C(OC3OC(CO)C(O)C(O)C3O)C(O)C2O)C(O)C1O)C(O)CCCCCCCCCCCCCCCCCC. The Labute approximate surface area is 481 Å². The van der Waals surface area contributed by atoms with E-state index in [0.717, 1.165) is 44.9 Å². The molecule has 3 fully saturated rings. The Hall–Kier alpha value is -1.21. The van der Waals surface area contributed by atoms with E-state index in [1.54, 1.807) is 0 Å². The lowest BCUT2D eigenvalue weighted by Gasteiger charge is -2.48. The number of aliphatic hydroxyl groups excluding tert-OH is 11. The highest BCUT2D eigenvalue weighted by atomic mass is 16.8. The van der Waals surface area contributed by atoms with Crippen LogP contribution in [0.2, 0.25) is 0 Å². The second-order valence-electron chi connectivity index (χ2n) is 23.6. The summed E-state index contributed by atoms with van der Waals surface area (Å²) in [6, 6.07) is -0.880. The van der Waals surface area contributed by atoms with Gasteiger partial charge in [0.25, 0.3) is 0 Å². The minimum absolute atomic E-state index is 0.237. The maximum Gasteiger partial charge on any atom is 0.220 e. The molecule has 17 atom stereocenters. The number of rotatable bonds is 49. The van der Waals surface area contributed by atoms with E-state index in [2.05, 4.69) is 19.2 Å². The monoisotopic (exact) mass is 1150 g/mol. The summed E-state index contributed by atoms with van der Waals surface area (Å²) in [5, 5.41) is 120. The van der Waals surface area contributed by atoms with Crippen LogP contribution in [-0.4, -0.2) is 193 Å². The zero-order chi connectivity index (χ0) is 58.3. The average Bonchev–Trinajstić information content (AvgIpc) is 3.50. The lowest BCUT2D eigenvalue weighted by atomic mass is 9.96. The molecule has 0 aromatic carbocycles. The molecule has 0 aliphatic carbocycles. The van der Waals surface area contributed by atoms with Gasteiger partial charge in [-0.25, -0.2) is 0 Å². The molecule has 0 aromatic rings. The van der Waals surface area contributed by atoms with Gasteiger partial charge in [-0.3, -0.25) is 4.79 Å². The van der Waals surface area contributed by atoms with Crippen molar-refractivity contribution < 1.29 is 89.4 Å². The first-order valence-corrected chi connectivity index (χ1v) is 32.3. The zero-order valence-corrected chi connectivity index (χ0v) is 49.6. The van der Waals surface area contributed by atoms with Crippen molar-refractivity contribution in [3.05, 3.63) is 0 Å². The molecular weight excluding hydrogens is 1030 g/mol. The number of amides is 1. The smallest absolute Gasteiger partial charge is 0.220 e. The van der Waals surface area contributed by atoms with E-state index in [1.165, 1.54) is 173 Å². The van der Waals surface area contributed by atoms with E-state index >= 15 is 0 Å². The van der Waals surface area contributed by atoms with Gasteiger partial charge in [0.05, 0.1) is 38.6 Å². The standard InChI is InChI=1S/C61H117NO18/c1-3-5-7-9-11-13-15-17-19-21-22-23-25-27-29-31-33-35-37-39-49(67)62-44(45(66)38-36-34-32-30-28-26-24-20-18-16-14-12-10-8-6-4-2)43-75-59-55(73)52(70)57(47(41-64)77-59)80-61-56(74)53(71)58(48(42-65)78-61)79-60-54(72)51(69)50(68)46(40-63)76-60/h44-48,50-61,63-66,68-74H,3-43H2,1-2H3,(H,62,67). The number of ether oxygens (including phenoxy) is 6.